The summed E-state index contributed by atoms with van der Waals surface area (Å²) in [5.74, 6) is 0. The van der Waals surface area contributed by atoms with Crippen LogP contribution < -0.4 is 0 Å². The predicted octanol–water partition coefficient (Wildman–Crippen LogP) is 4.01. The van der Waals surface area contributed by atoms with E-state index in [1.165, 1.54) is 21.9 Å². The third kappa shape index (κ3) is 1.50. The van der Waals surface area contributed by atoms with Gasteiger partial charge in [0.2, 0.25) is 0 Å². The van der Waals surface area contributed by atoms with Gasteiger partial charge in [-0.1, -0.05) is 17.4 Å². The summed E-state index contributed by atoms with van der Waals surface area (Å²) in [6, 6.07) is 6.50. The van der Waals surface area contributed by atoms with E-state index >= 15 is 0 Å². The Morgan fingerprint density at radius 2 is 2.36 bits per heavy atom. The second-order valence-electron chi connectivity index (χ2n) is 2.35. The zero-order chi connectivity index (χ0) is 7.84. The van der Waals surface area contributed by atoms with Gasteiger partial charge in [-0.25, -0.2) is 0 Å². The van der Waals surface area contributed by atoms with Crippen molar-refractivity contribution in [1.29, 1.82) is 0 Å². The molecule has 1 aromatic carbocycles. The largest absolute Gasteiger partial charge is 0.0581 e. The number of aryl methyl sites for hydroxylation is 1. The lowest BCUT2D eigenvalue weighted by atomic mass is 10.2. The molecule has 11 heavy (non-hydrogen) atoms. The Balaban J connectivity index is 2.60. The number of rotatable bonds is 0. The van der Waals surface area contributed by atoms with Crippen LogP contribution in [0.15, 0.2) is 28.0 Å². The van der Waals surface area contributed by atoms with E-state index in [4.69, 9.17) is 10.7 Å². The molecule has 0 bridgehead atoms. The summed E-state index contributed by atoms with van der Waals surface area (Å²) in [7, 11) is 6.06. The van der Waals surface area contributed by atoms with E-state index in [1.54, 1.807) is 0 Å². The minimum absolute atomic E-state index is 0.0506. The molecule has 1 aromatic rings. The Labute approximate surface area is 78.4 Å². The smallest absolute Gasteiger partial charge is 0.0359 e. The maximum Gasteiger partial charge on any atom is 0.0359 e. The molecular formula is C7H6ClPS2. The molecule has 1 heterocycles. The van der Waals surface area contributed by atoms with Gasteiger partial charge < -0.3 is 0 Å². The van der Waals surface area contributed by atoms with Crippen molar-refractivity contribution in [2.75, 3.05) is 0 Å². The highest BCUT2D eigenvalue weighted by Gasteiger charge is 2.12. The molecule has 58 valence electrons. The van der Waals surface area contributed by atoms with E-state index < -0.39 is 0 Å². The number of hydrogen-bond donors (Lipinski definition) is 0. The van der Waals surface area contributed by atoms with E-state index in [2.05, 4.69) is 25.1 Å². The maximum atomic E-state index is 6.11. The van der Waals surface area contributed by atoms with Gasteiger partial charge in [0.15, 0.2) is 0 Å². The summed E-state index contributed by atoms with van der Waals surface area (Å²) < 4.78 is 0. The summed E-state index contributed by atoms with van der Waals surface area (Å²) in [6.07, 6.45) is 0. The van der Waals surface area contributed by atoms with Gasteiger partial charge in [-0.05, 0) is 44.6 Å². The highest BCUT2D eigenvalue weighted by molar-refractivity contribution is 8.69. The second-order valence-corrected chi connectivity index (χ2v) is 9.04. The average molecular weight is 221 g/mol. The number of benzene rings is 1. The first-order chi connectivity index (χ1) is 5.27. The Morgan fingerprint density at radius 3 is 3.18 bits per heavy atom. The van der Waals surface area contributed by atoms with Crippen LogP contribution in [0.2, 0.25) is 0 Å². The lowest BCUT2D eigenvalue weighted by molar-refractivity contribution is 1.22. The molecule has 0 spiro atoms. The number of fused-ring (bicyclic) bond motifs is 1. The summed E-state index contributed by atoms with van der Waals surface area (Å²) in [5, 5.41) is 0. The molecule has 0 saturated carbocycles. The predicted molar refractivity (Wildman–Crippen MR) is 55.4 cm³/mol. The van der Waals surface area contributed by atoms with Gasteiger partial charge >= 0.3 is 0 Å². The molecule has 2 rings (SSSR count). The van der Waals surface area contributed by atoms with Crippen molar-refractivity contribution in [3.63, 3.8) is 0 Å². The summed E-state index contributed by atoms with van der Waals surface area (Å²) in [6.45, 7) is 3.39. The third-order valence-corrected chi connectivity index (χ3v) is 8.73. The molecule has 0 amide bonds. The lowest BCUT2D eigenvalue weighted by Crippen LogP contribution is -1.80. The van der Waals surface area contributed by atoms with E-state index in [0.717, 1.165) is 0 Å². The third-order valence-electron chi connectivity index (χ3n) is 1.48. The van der Waals surface area contributed by atoms with Gasteiger partial charge in [-0.15, -0.1) is 0 Å². The van der Waals surface area contributed by atoms with Crippen LogP contribution in [0.5, 0.6) is 0 Å². The van der Waals surface area contributed by atoms with Crippen molar-refractivity contribution < 1.29 is 0 Å². The van der Waals surface area contributed by atoms with Crippen LogP contribution in [-0.4, -0.2) is 0 Å². The molecule has 1 atom stereocenters. The summed E-state index contributed by atoms with van der Waals surface area (Å²) in [5.41, 5.74) is 1.31. The van der Waals surface area contributed by atoms with Crippen LogP contribution in [-0.2, 0) is 9.29 Å². The standard InChI is InChI=1S/C7H6ClPS2/c1-5-2-3-6-7(4-5)11(8)9-10-6/h2-4H,1H3. The quantitative estimate of drug-likeness (QED) is 0.596. The highest BCUT2D eigenvalue weighted by atomic mass is 35.7. The SMILES string of the molecule is Cc1ccc2c(c1)S(Cl)=PS2. The van der Waals surface area contributed by atoms with E-state index in [1.807, 2.05) is 11.4 Å². The second kappa shape index (κ2) is 3.10. The zero-order valence-electron chi connectivity index (χ0n) is 5.87. The monoisotopic (exact) mass is 220 g/mol. The average Bonchev–Trinajstić information content (AvgIpc) is 2.33. The van der Waals surface area contributed by atoms with Crippen molar-refractivity contribution in [2.45, 2.75) is 16.7 Å². The van der Waals surface area contributed by atoms with Crippen molar-refractivity contribution in [1.82, 2.24) is 0 Å². The van der Waals surface area contributed by atoms with Gasteiger partial charge in [0, 0.05) is 16.3 Å². The van der Waals surface area contributed by atoms with Gasteiger partial charge in [-0.3, -0.25) is 0 Å². The van der Waals surface area contributed by atoms with E-state index in [-0.39, 0.29) is 9.29 Å². The minimum atomic E-state index is -0.0506. The topological polar surface area (TPSA) is 0 Å². The Hall–Kier alpha value is 0.510. The first-order valence-corrected chi connectivity index (χ1v) is 8.14. The zero-order valence-corrected chi connectivity index (χ0v) is 9.16. The lowest BCUT2D eigenvalue weighted by Gasteiger charge is -1.98. The maximum absolute atomic E-state index is 6.11. The van der Waals surface area contributed by atoms with Crippen molar-refractivity contribution in [3.8, 4) is 0 Å². The van der Waals surface area contributed by atoms with E-state index in [9.17, 15) is 0 Å². The fourth-order valence-corrected chi connectivity index (χ4v) is 7.63. The molecule has 0 saturated heterocycles. The molecule has 1 unspecified atom stereocenters. The van der Waals surface area contributed by atoms with Gasteiger partial charge in [0.1, 0.15) is 0 Å². The molecule has 1 aliphatic heterocycles. The first kappa shape index (κ1) is 8.12. The molecule has 0 aliphatic carbocycles. The van der Waals surface area contributed by atoms with Crippen LogP contribution in [0.1, 0.15) is 5.56 Å². The Kier molecular flexibility index (Phi) is 2.29. The highest BCUT2D eigenvalue weighted by Crippen LogP contribution is 2.47. The van der Waals surface area contributed by atoms with Gasteiger partial charge in [-0.2, -0.15) is 0 Å². The molecular weight excluding hydrogens is 215 g/mol. The molecule has 0 radical (unpaired) electrons. The van der Waals surface area contributed by atoms with Crippen LogP contribution in [0.25, 0.3) is 0 Å². The molecule has 0 N–H and O–H groups in total. The fraction of sp³-hybridized carbons (Fsp3) is 0.143. The van der Waals surface area contributed by atoms with Gasteiger partial charge in [0.05, 0.1) is 0 Å². The number of halogens is 1. The molecule has 0 aromatic heterocycles. The van der Waals surface area contributed by atoms with Gasteiger partial charge in [0.25, 0.3) is 0 Å². The first-order valence-electron chi connectivity index (χ1n) is 3.17. The van der Waals surface area contributed by atoms with E-state index in [0.29, 0.717) is 0 Å². The summed E-state index contributed by atoms with van der Waals surface area (Å²) in [4.78, 5) is 2.69. The summed E-state index contributed by atoms with van der Waals surface area (Å²) >= 11 is 1.84. The van der Waals surface area contributed by atoms with Crippen LogP contribution in [0.4, 0.5) is 0 Å². The molecule has 4 heteroatoms. The van der Waals surface area contributed by atoms with Crippen LogP contribution >= 0.6 is 28.6 Å². The Bertz CT molecular complexity index is 335. The molecule has 0 fully saturated rings. The fourth-order valence-electron chi connectivity index (χ4n) is 0.935. The molecule has 1 aliphatic rings. The van der Waals surface area contributed by atoms with Crippen molar-refractivity contribution in [2.24, 2.45) is 0 Å². The normalized spacial score (nSPS) is 22.5. The molecule has 0 nitrogen and oxygen atoms in total. The number of hydrogen-bond acceptors (Lipinski definition) is 1. The van der Waals surface area contributed by atoms with Crippen LogP contribution in [0, 0.1) is 6.92 Å². The Morgan fingerprint density at radius 1 is 1.55 bits per heavy atom. The van der Waals surface area contributed by atoms with Crippen molar-refractivity contribution in [3.05, 3.63) is 23.8 Å². The minimum Gasteiger partial charge on any atom is -0.0581 e. The van der Waals surface area contributed by atoms with Crippen molar-refractivity contribution >= 4 is 37.9 Å². The van der Waals surface area contributed by atoms with Crippen LogP contribution in [0.3, 0.4) is 0 Å².